The van der Waals surface area contributed by atoms with Crippen molar-refractivity contribution in [2.75, 3.05) is 31.5 Å². The topological polar surface area (TPSA) is 69.7 Å². The van der Waals surface area contributed by atoms with E-state index in [1.54, 1.807) is 6.07 Å². The fourth-order valence-corrected chi connectivity index (χ4v) is 6.85. The van der Waals surface area contributed by atoms with Crippen molar-refractivity contribution in [1.82, 2.24) is 9.21 Å². The lowest BCUT2D eigenvalue weighted by Gasteiger charge is -2.43. The highest BCUT2D eigenvalue weighted by atomic mass is 35.5. The van der Waals surface area contributed by atoms with Crippen molar-refractivity contribution in [2.24, 2.45) is 5.92 Å². The van der Waals surface area contributed by atoms with Gasteiger partial charge in [0.1, 0.15) is 0 Å². The smallest absolute Gasteiger partial charge is 0.243 e. The molecular formula is C21H30ClN3O3S. The second-order valence-electron chi connectivity index (χ2n) is 8.53. The molecule has 2 atom stereocenters. The number of nitrogens with one attached hydrogen (secondary N) is 1. The predicted molar refractivity (Wildman–Crippen MR) is 115 cm³/mol. The van der Waals surface area contributed by atoms with E-state index in [-0.39, 0.29) is 10.8 Å². The summed E-state index contributed by atoms with van der Waals surface area (Å²) in [5.41, 5.74) is 0.370. The molecule has 0 unspecified atom stereocenters. The number of piperidine rings is 1. The van der Waals surface area contributed by atoms with Crippen LogP contribution in [0.2, 0.25) is 5.02 Å². The zero-order valence-corrected chi connectivity index (χ0v) is 18.3. The summed E-state index contributed by atoms with van der Waals surface area (Å²) in [7, 11) is -3.54. The van der Waals surface area contributed by atoms with E-state index in [1.165, 1.54) is 48.5 Å². The second kappa shape index (κ2) is 8.92. The van der Waals surface area contributed by atoms with Gasteiger partial charge in [0.15, 0.2) is 0 Å². The van der Waals surface area contributed by atoms with Crippen LogP contribution in [0.3, 0.4) is 0 Å². The number of benzene rings is 1. The molecule has 1 aliphatic carbocycles. The van der Waals surface area contributed by atoms with Crippen LogP contribution in [0.1, 0.15) is 51.4 Å². The highest BCUT2D eigenvalue weighted by molar-refractivity contribution is 7.89. The van der Waals surface area contributed by atoms with E-state index in [2.05, 4.69) is 10.2 Å². The molecule has 4 rings (SSSR count). The maximum atomic E-state index is 12.8. The molecule has 0 bridgehead atoms. The van der Waals surface area contributed by atoms with Crippen LogP contribution in [0.5, 0.6) is 0 Å². The standard InChI is InChI=1S/C21H30ClN3O3S/c22-18-10-9-17(29(27,28)25-12-3-4-13-25)14-19(18)23-21(26)15-24-11-5-7-16-6-1-2-8-20(16)24/h9-10,14,16,20H,1-8,11-13,15H2,(H,23,26)/t16-,20-/m1/s1. The molecule has 29 heavy (non-hydrogen) atoms. The minimum absolute atomic E-state index is 0.131. The quantitative estimate of drug-likeness (QED) is 0.759. The summed E-state index contributed by atoms with van der Waals surface area (Å²) in [6.45, 7) is 2.38. The van der Waals surface area contributed by atoms with Crippen molar-refractivity contribution < 1.29 is 13.2 Å². The fraction of sp³-hybridized carbons (Fsp3) is 0.667. The molecule has 1 aromatic carbocycles. The lowest BCUT2D eigenvalue weighted by Crippen LogP contribution is -2.49. The summed E-state index contributed by atoms with van der Waals surface area (Å²) in [5, 5.41) is 3.22. The summed E-state index contributed by atoms with van der Waals surface area (Å²) < 4.78 is 27.1. The van der Waals surface area contributed by atoms with Crippen molar-refractivity contribution in [3.8, 4) is 0 Å². The van der Waals surface area contributed by atoms with Gasteiger partial charge in [0.05, 0.1) is 22.2 Å². The van der Waals surface area contributed by atoms with E-state index in [9.17, 15) is 13.2 Å². The Labute approximate surface area is 178 Å². The van der Waals surface area contributed by atoms with Crippen LogP contribution in [0.4, 0.5) is 5.69 Å². The summed E-state index contributed by atoms with van der Waals surface area (Å²) >= 11 is 6.27. The van der Waals surface area contributed by atoms with Gasteiger partial charge >= 0.3 is 0 Å². The third-order valence-corrected chi connectivity index (χ3v) is 8.84. The van der Waals surface area contributed by atoms with Crippen molar-refractivity contribution >= 4 is 33.2 Å². The summed E-state index contributed by atoms with van der Waals surface area (Å²) in [4.78, 5) is 15.2. The zero-order chi connectivity index (χ0) is 20.4. The van der Waals surface area contributed by atoms with E-state index in [0.29, 0.717) is 42.3 Å². The van der Waals surface area contributed by atoms with Crippen molar-refractivity contribution in [1.29, 1.82) is 0 Å². The number of hydrogen-bond acceptors (Lipinski definition) is 4. The Bertz CT molecular complexity index is 853. The maximum Gasteiger partial charge on any atom is 0.243 e. The minimum Gasteiger partial charge on any atom is -0.324 e. The first kappa shape index (κ1) is 21.1. The third kappa shape index (κ3) is 4.63. The molecule has 6 nitrogen and oxygen atoms in total. The van der Waals surface area contributed by atoms with E-state index in [1.807, 2.05) is 0 Å². The van der Waals surface area contributed by atoms with Crippen LogP contribution < -0.4 is 5.32 Å². The van der Waals surface area contributed by atoms with Crippen LogP contribution in [0.25, 0.3) is 0 Å². The number of carbonyl (C=O) groups excluding carboxylic acids is 1. The molecule has 2 aliphatic heterocycles. The Hall–Kier alpha value is -1.15. The van der Waals surface area contributed by atoms with Gasteiger partial charge in [-0.15, -0.1) is 0 Å². The largest absolute Gasteiger partial charge is 0.324 e. The van der Waals surface area contributed by atoms with Crippen molar-refractivity contribution in [3.05, 3.63) is 23.2 Å². The molecule has 1 saturated carbocycles. The molecule has 0 radical (unpaired) electrons. The van der Waals surface area contributed by atoms with Crippen LogP contribution >= 0.6 is 11.6 Å². The van der Waals surface area contributed by atoms with Gasteiger partial charge in [0.2, 0.25) is 15.9 Å². The molecule has 2 heterocycles. The molecule has 1 N–H and O–H groups in total. The molecule has 3 aliphatic rings. The average molecular weight is 440 g/mol. The van der Waals surface area contributed by atoms with Gasteiger partial charge in [-0.2, -0.15) is 4.31 Å². The van der Waals surface area contributed by atoms with Gasteiger partial charge in [-0.1, -0.05) is 24.4 Å². The minimum atomic E-state index is -3.54. The Kier molecular flexibility index (Phi) is 6.49. The van der Waals surface area contributed by atoms with E-state index in [0.717, 1.165) is 25.8 Å². The van der Waals surface area contributed by atoms with Gasteiger partial charge in [-0.05, 0) is 69.2 Å². The number of sulfonamides is 1. The third-order valence-electron chi connectivity index (χ3n) is 6.62. The molecule has 0 aromatic heterocycles. The fourth-order valence-electron chi connectivity index (χ4n) is 5.14. The first-order valence-corrected chi connectivity index (χ1v) is 12.6. The molecule has 0 spiro atoms. The summed E-state index contributed by atoms with van der Waals surface area (Å²) in [6.07, 6.45) is 9.15. The molecular weight excluding hydrogens is 410 g/mol. The number of likely N-dealkylation sites (tertiary alicyclic amines) is 1. The molecule has 1 aromatic rings. The van der Waals surface area contributed by atoms with Gasteiger partial charge in [-0.3, -0.25) is 9.69 Å². The average Bonchev–Trinajstić information content (AvgIpc) is 3.26. The molecule has 2 saturated heterocycles. The monoisotopic (exact) mass is 439 g/mol. The number of halogens is 1. The number of amides is 1. The van der Waals surface area contributed by atoms with E-state index >= 15 is 0 Å². The van der Waals surface area contributed by atoms with Crippen LogP contribution in [0.15, 0.2) is 23.1 Å². The normalized spacial score (nSPS) is 26.2. The van der Waals surface area contributed by atoms with Crippen LogP contribution in [-0.4, -0.2) is 55.8 Å². The SMILES string of the molecule is O=C(CN1CCC[C@H]2CCCC[C@H]21)Nc1cc(S(=O)(=O)N2CCCC2)ccc1Cl. The summed E-state index contributed by atoms with van der Waals surface area (Å²) in [5.74, 6) is 0.580. The number of fused-ring (bicyclic) bond motifs is 1. The van der Waals surface area contributed by atoms with Gasteiger partial charge in [0, 0.05) is 19.1 Å². The van der Waals surface area contributed by atoms with Crippen LogP contribution in [-0.2, 0) is 14.8 Å². The van der Waals surface area contributed by atoms with Crippen molar-refractivity contribution in [2.45, 2.75) is 62.3 Å². The first-order valence-electron chi connectivity index (χ1n) is 10.8. The Morgan fingerprint density at radius 3 is 2.55 bits per heavy atom. The second-order valence-corrected chi connectivity index (χ2v) is 10.9. The molecule has 8 heteroatoms. The number of carbonyl (C=O) groups is 1. The first-order chi connectivity index (χ1) is 13.9. The van der Waals surface area contributed by atoms with Gasteiger partial charge < -0.3 is 5.32 Å². The highest BCUT2D eigenvalue weighted by Gasteiger charge is 2.34. The maximum absolute atomic E-state index is 12.8. The van der Waals surface area contributed by atoms with E-state index in [4.69, 9.17) is 11.6 Å². The Morgan fingerprint density at radius 1 is 1.03 bits per heavy atom. The number of rotatable bonds is 5. The van der Waals surface area contributed by atoms with Gasteiger partial charge in [0.25, 0.3) is 0 Å². The summed E-state index contributed by atoms with van der Waals surface area (Å²) in [6, 6.07) is 5.06. The highest BCUT2D eigenvalue weighted by Crippen LogP contribution is 2.35. The van der Waals surface area contributed by atoms with Gasteiger partial charge in [-0.25, -0.2) is 8.42 Å². The number of nitrogens with zero attached hydrogens (tertiary/aromatic N) is 2. The predicted octanol–water partition coefficient (Wildman–Crippen LogP) is 3.72. The molecule has 1 amide bonds. The molecule has 160 valence electrons. The number of anilines is 1. The Morgan fingerprint density at radius 2 is 1.76 bits per heavy atom. The molecule has 3 fully saturated rings. The van der Waals surface area contributed by atoms with Crippen molar-refractivity contribution in [3.63, 3.8) is 0 Å². The van der Waals surface area contributed by atoms with E-state index < -0.39 is 10.0 Å². The number of hydrogen-bond donors (Lipinski definition) is 1. The Balaban J connectivity index is 1.45. The lowest BCUT2D eigenvalue weighted by molar-refractivity contribution is -0.118. The zero-order valence-electron chi connectivity index (χ0n) is 16.8. The van der Waals surface area contributed by atoms with Crippen LogP contribution in [0, 0.1) is 5.92 Å². The lowest BCUT2D eigenvalue weighted by atomic mass is 9.78.